The predicted octanol–water partition coefficient (Wildman–Crippen LogP) is 3.62. The average Bonchev–Trinajstić information content (AvgIpc) is 3.48. The van der Waals surface area contributed by atoms with E-state index < -0.39 is 6.04 Å². The van der Waals surface area contributed by atoms with Gasteiger partial charge in [0, 0.05) is 23.5 Å². The van der Waals surface area contributed by atoms with E-state index in [9.17, 15) is 9.59 Å². The van der Waals surface area contributed by atoms with Gasteiger partial charge in [0.2, 0.25) is 11.0 Å². The largest absolute Gasteiger partial charge is 0.361 e. The van der Waals surface area contributed by atoms with Crippen LogP contribution in [0.25, 0.3) is 10.9 Å². The van der Waals surface area contributed by atoms with Crippen molar-refractivity contribution >= 4 is 50.5 Å². The molecule has 0 bridgehead atoms. The summed E-state index contributed by atoms with van der Waals surface area (Å²) in [6, 6.07) is 10.7. The number of hydrogen-bond donors (Lipinski definition) is 3. The van der Waals surface area contributed by atoms with Crippen molar-refractivity contribution in [1.82, 2.24) is 20.5 Å². The smallest absolute Gasteiger partial charge is 0.262 e. The number of carbonyl (C=O) groups is 2. The summed E-state index contributed by atoms with van der Waals surface area (Å²) in [5.41, 5.74) is 1.95. The van der Waals surface area contributed by atoms with Gasteiger partial charge < -0.3 is 10.3 Å². The van der Waals surface area contributed by atoms with Crippen molar-refractivity contribution in [1.29, 1.82) is 0 Å². The van der Waals surface area contributed by atoms with Crippen molar-refractivity contribution in [3.05, 3.63) is 63.4 Å². The molecule has 3 N–H and O–H groups in total. The predicted molar refractivity (Wildman–Crippen MR) is 115 cm³/mol. The fourth-order valence-corrected chi connectivity index (χ4v) is 4.32. The number of rotatable bonds is 7. The van der Waals surface area contributed by atoms with Gasteiger partial charge in [0.25, 0.3) is 5.91 Å². The molecule has 0 saturated heterocycles. The molecule has 9 heteroatoms. The van der Waals surface area contributed by atoms with Crippen LogP contribution >= 0.6 is 22.7 Å². The number of carbonyl (C=O) groups excluding carboxylic acids is 2. The second-order valence-corrected chi connectivity index (χ2v) is 8.42. The number of amides is 2. The zero-order valence-electron chi connectivity index (χ0n) is 15.6. The van der Waals surface area contributed by atoms with E-state index in [4.69, 9.17) is 0 Å². The van der Waals surface area contributed by atoms with E-state index in [1.807, 2.05) is 48.8 Å². The SMILES string of the molecule is CCc1nnc(NC(=O)[C@@H](Cc2c[nH]c3ccccc23)NC(=O)c2cccs2)s1. The van der Waals surface area contributed by atoms with Crippen molar-refractivity contribution in [3.63, 3.8) is 0 Å². The lowest BCUT2D eigenvalue weighted by Crippen LogP contribution is -2.45. The Balaban J connectivity index is 1.57. The summed E-state index contributed by atoms with van der Waals surface area (Å²) in [7, 11) is 0. The number of fused-ring (bicyclic) bond motifs is 1. The maximum atomic E-state index is 13.0. The van der Waals surface area contributed by atoms with Crippen LogP contribution in [0.1, 0.15) is 27.2 Å². The number of nitrogens with one attached hydrogen (secondary N) is 3. The molecule has 4 aromatic rings. The van der Waals surface area contributed by atoms with Gasteiger partial charge >= 0.3 is 0 Å². The number of aryl methyl sites for hydroxylation is 1. The van der Waals surface area contributed by atoms with Crippen LogP contribution in [0.3, 0.4) is 0 Å². The first-order valence-corrected chi connectivity index (χ1v) is 10.9. The fourth-order valence-electron chi connectivity index (χ4n) is 3.01. The molecule has 4 rings (SSSR count). The second-order valence-electron chi connectivity index (χ2n) is 6.41. The molecule has 0 aliphatic rings. The minimum atomic E-state index is -0.752. The Kier molecular flexibility index (Phi) is 5.68. The highest BCUT2D eigenvalue weighted by atomic mass is 32.1. The van der Waals surface area contributed by atoms with E-state index >= 15 is 0 Å². The number of hydrogen-bond acceptors (Lipinski definition) is 6. The number of aromatic nitrogens is 3. The zero-order valence-corrected chi connectivity index (χ0v) is 17.3. The van der Waals surface area contributed by atoms with Crippen LogP contribution in [0, 0.1) is 0 Å². The molecule has 0 saturated carbocycles. The van der Waals surface area contributed by atoms with Crippen LogP contribution in [-0.2, 0) is 17.6 Å². The number of para-hydroxylation sites is 1. The molecule has 3 heterocycles. The van der Waals surface area contributed by atoms with Gasteiger partial charge in [-0.25, -0.2) is 0 Å². The van der Waals surface area contributed by atoms with Gasteiger partial charge in [-0.05, 0) is 29.5 Å². The summed E-state index contributed by atoms with van der Waals surface area (Å²) in [6.07, 6.45) is 2.98. The second kappa shape index (κ2) is 8.54. The van der Waals surface area contributed by atoms with Crippen molar-refractivity contribution < 1.29 is 9.59 Å². The lowest BCUT2D eigenvalue weighted by molar-refractivity contribution is -0.118. The highest BCUT2D eigenvalue weighted by Crippen LogP contribution is 2.21. The molecular formula is C20H19N5O2S2. The quantitative estimate of drug-likeness (QED) is 0.421. The first kappa shape index (κ1) is 19.3. The molecule has 0 unspecified atom stereocenters. The number of benzene rings is 1. The van der Waals surface area contributed by atoms with Gasteiger partial charge in [-0.1, -0.05) is 42.5 Å². The third-order valence-corrected chi connectivity index (χ3v) is 6.32. The van der Waals surface area contributed by atoms with Crippen LogP contribution in [0.5, 0.6) is 0 Å². The van der Waals surface area contributed by atoms with Gasteiger partial charge in [0.05, 0.1) is 4.88 Å². The van der Waals surface area contributed by atoms with E-state index in [1.54, 1.807) is 6.07 Å². The lowest BCUT2D eigenvalue weighted by atomic mass is 10.0. The van der Waals surface area contributed by atoms with E-state index in [0.29, 0.717) is 16.4 Å². The molecule has 3 aromatic heterocycles. The molecule has 0 spiro atoms. The first-order valence-electron chi connectivity index (χ1n) is 9.16. The van der Waals surface area contributed by atoms with Crippen LogP contribution in [0.15, 0.2) is 48.0 Å². The van der Waals surface area contributed by atoms with Crippen molar-refractivity contribution in [3.8, 4) is 0 Å². The molecule has 0 aliphatic heterocycles. The Morgan fingerprint density at radius 2 is 2.03 bits per heavy atom. The molecule has 1 atom stereocenters. The number of anilines is 1. The van der Waals surface area contributed by atoms with Gasteiger partial charge in [-0.3, -0.25) is 14.9 Å². The topological polar surface area (TPSA) is 99.8 Å². The monoisotopic (exact) mass is 425 g/mol. The normalized spacial score (nSPS) is 12.0. The summed E-state index contributed by atoms with van der Waals surface area (Å²) < 4.78 is 0. The molecule has 0 radical (unpaired) electrons. The maximum absolute atomic E-state index is 13.0. The van der Waals surface area contributed by atoms with E-state index in [2.05, 4.69) is 25.8 Å². The van der Waals surface area contributed by atoms with Gasteiger partial charge in [-0.15, -0.1) is 21.5 Å². The number of thiophene rings is 1. The molecule has 7 nitrogen and oxygen atoms in total. The summed E-state index contributed by atoms with van der Waals surface area (Å²) in [4.78, 5) is 29.4. The van der Waals surface area contributed by atoms with Crippen molar-refractivity contribution in [2.45, 2.75) is 25.8 Å². The molecule has 1 aromatic carbocycles. The number of aromatic amines is 1. The van der Waals surface area contributed by atoms with Crippen LogP contribution in [-0.4, -0.2) is 33.0 Å². The molecule has 0 aliphatic carbocycles. The Hall–Kier alpha value is -3.04. The highest BCUT2D eigenvalue weighted by molar-refractivity contribution is 7.15. The highest BCUT2D eigenvalue weighted by Gasteiger charge is 2.24. The Labute approximate surface area is 175 Å². The van der Waals surface area contributed by atoms with Crippen molar-refractivity contribution in [2.75, 3.05) is 5.32 Å². The third kappa shape index (κ3) is 4.36. The first-order chi connectivity index (χ1) is 14.1. The minimum Gasteiger partial charge on any atom is -0.361 e. The van der Waals surface area contributed by atoms with Crippen LogP contribution in [0.2, 0.25) is 0 Å². The van der Waals surface area contributed by atoms with E-state index in [0.717, 1.165) is 27.9 Å². The molecule has 148 valence electrons. The lowest BCUT2D eigenvalue weighted by Gasteiger charge is -2.17. The number of nitrogens with zero attached hydrogens (tertiary/aromatic N) is 2. The Morgan fingerprint density at radius 3 is 2.79 bits per heavy atom. The minimum absolute atomic E-state index is 0.272. The number of H-pyrrole nitrogens is 1. The average molecular weight is 426 g/mol. The maximum Gasteiger partial charge on any atom is 0.262 e. The van der Waals surface area contributed by atoms with E-state index in [-0.39, 0.29) is 11.8 Å². The molecule has 2 amide bonds. The Morgan fingerprint density at radius 1 is 1.17 bits per heavy atom. The fraction of sp³-hybridized carbons (Fsp3) is 0.200. The molecular weight excluding hydrogens is 406 g/mol. The molecule has 29 heavy (non-hydrogen) atoms. The Bertz CT molecular complexity index is 1130. The summed E-state index contributed by atoms with van der Waals surface area (Å²) in [5.74, 6) is -0.592. The standard InChI is InChI=1S/C20H19N5O2S2/c1-2-17-24-25-20(29-17)23-18(26)15(22-19(27)16-8-5-9-28-16)10-12-11-21-14-7-4-3-6-13(12)14/h3-9,11,15,21H,2,10H2,1H3,(H,22,27)(H,23,25,26)/t15-/m1/s1. The van der Waals surface area contributed by atoms with Gasteiger partial charge in [0.15, 0.2) is 0 Å². The summed E-state index contributed by atoms with van der Waals surface area (Å²) in [6.45, 7) is 1.98. The van der Waals surface area contributed by atoms with E-state index in [1.165, 1.54) is 22.7 Å². The zero-order chi connectivity index (χ0) is 20.2. The van der Waals surface area contributed by atoms with Crippen molar-refractivity contribution in [2.24, 2.45) is 0 Å². The molecule has 0 fully saturated rings. The summed E-state index contributed by atoms with van der Waals surface area (Å²) in [5, 5.41) is 17.8. The van der Waals surface area contributed by atoms with Crippen LogP contribution in [0.4, 0.5) is 5.13 Å². The summed E-state index contributed by atoms with van der Waals surface area (Å²) >= 11 is 2.67. The van der Waals surface area contributed by atoms with Crippen LogP contribution < -0.4 is 10.6 Å². The third-order valence-electron chi connectivity index (χ3n) is 4.47. The van der Waals surface area contributed by atoms with Gasteiger partial charge in [0.1, 0.15) is 11.0 Å². The van der Waals surface area contributed by atoms with Gasteiger partial charge in [-0.2, -0.15) is 0 Å².